The van der Waals surface area contributed by atoms with E-state index in [0.29, 0.717) is 24.6 Å². The number of aromatic nitrogens is 2. The number of fused-ring (bicyclic) bond motifs is 1. The highest BCUT2D eigenvalue weighted by Gasteiger charge is 2.52. The van der Waals surface area contributed by atoms with Crippen LogP contribution in [0, 0.1) is 5.92 Å². The lowest BCUT2D eigenvalue weighted by atomic mass is 9.79. The summed E-state index contributed by atoms with van der Waals surface area (Å²) in [6.45, 7) is 5.50. The number of likely N-dealkylation sites (tertiary alicyclic amines) is 2. The summed E-state index contributed by atoms with van der Waals surface area (Å²) in [5, 5.41) is 0. The van der Waals surface area contributed by atoms with E-state index in [1.54, 1.807) is 13.4 Å². The Morgan fingerprint density at radius 2 is 2.04 bits per heavy atom. The van der Waals surface area contributed by atoms with Gasteiger partial charge in [-0.1, -0.05) is 0 Å². The van der Waals surface area contributed by atoms with E-state index in [9.17, 15) is 9.59 Å². The van der Waals surface area contributed by atoms with Crippen LogP contribution in [0.3, 0.4) is 0 Å². The van der Waals surface area contributed by atoms with Crippen molar-refractivity contribution >= 4 is 22.8 Å². The SMILES string of the molecule is CO[C@H]1C(=O)N(C(C)C)[C@H]1C1CCN(C(=O)c2ccc3nc[nH]c3c2)CC1. The number of rotatable bonds is 4. The first-order valence-corrected chi connectivity index (χ1v) is 9.58. The lowest BCUT2D eigenvalue weighted by molar-refractivity contribution is -0.181. The molecule has 0 bridgehead atoms. The molecule has 0 unspecified atom stereocenters. The van der Waals surface area contributed by atoms with Gasteiger partial charge >= 0.3 is 0 Å². The third-order valence-electron chi connectivity index (χ3n) is 5.92. The van der Waals surface area contributed by atoms with Crippen molar-refractivity contribution in [2.24, 2.45) is 5.92 Å². The number of methoxy groups -OCH3 is 1. The first-order chi connectivity index (χ1) is 13.0. The molecule has 2 aliphatic rings. The number of ether oxygens (including phenoxy) is 1. The Kier molecular flexibility index (Phi) is 4.63. The summed E-state index contributed by atoms with van der Waals surface area (Å²) in [4.78, 5) is 36.2. The van der Waals surface area contributed by atoms with Gasteiger partial charge in [-0.05, 0) is 50.8 Å². The maximum absolute atomic E-state index is 12.9. The van der Waals surface area contributed by atoms with E-state index < -0.39 is 0 Å². The van der Waals surface area contributed by atoms with Crippen molar-refractivity contribution in [2.75, 3.05) is 20.2 Å². The van der Waals surface area contributed by atoms with Crippen LogP contribution in [0.4, 0.5) is 0 Å². The van der Waals surface area contributed by atoms with Crippen molar-refractivity contribution in [3.05, 3.63) is 30.1 Å². The molecular weight excluding hydrogens is 344 g/mol. The lowest BCUT2D eigenvalue weighted by Gasteiger charge is -2.53. The molecule has 1 aromatic heterocycles. The van der Waals surface area contributed by atoms with E-state index in [4.69, 9.17) is 4.74 Å². The van der Waals surface area contributed by atoms with Crippen molar-refractivity contribution < 1.29 is 14.3 Å². The molecule has 7 heteroatoms. The van der Waals surface area contributed by atoms with Gasteiger partial charge < -0.3 is 19.5 Å². The average molecular weight is 370 g/mol. The largest absolute Gasteiger partial charge is 0.369 e. The molecule has 2 aromatic rings. The second-order valence-electron chi connectivity index (χ2n) is 7.75. The van der Waals surface area contributed by atoms with Crippen molar-refractivity contribution in [3.63, 3.8) is 0 Å². The third kappa shape index (κ3) is 3.00. The van der Waals surface area contributed by atoms with Crippen LogP contribution in [-0.2, 0) is 9.53 Å². The number of β-lactam (4-membered cyclic amide) rings is 1. The second-order valence-corrected chi connectivity index (χ2v) is 7.75. The highest BCUT2D eigenvalue weighted by molar-refractivity contribution is 5.97. The summed E-state index contributed by atoms with van der Waals surface area (Å²) in [5.41, 5.74) is 2.42. The van der Waals surface area contributed by atoms with Gasteiger partial charge in [-0.15, -0.1) is 0 Å². The first kappa shape index (κ1) is 18.0. The van der Waals surface area contributed by atoms with Gasteiger partial charge in [0, 0.05) is 31.8 Å². The fourth-order valence-electron chi connectivity index (χ4n) is 4.51. The van der Waals surface area contributed by atoms with E-state index in [-0.39, 0.29) is 30.0 Å². The summed E-state index contributed by atoms with van der Waals surface area (Å²) in [6, 6.07) is 5.87. The molecule has 1 N–H and O–H groups in total. The van der Waals surface area contributed by atoms with Gasteiger partial charge in [0.15, 0.2) is 6.10 Å². The summed E-state index contributed by atoms with van der Waals surface area (Å²) in [5.74, 6) is 0.511. The molecule has 27 heavy (non-hydrogen) atoms. The number of amides is 2. The summed E-state index contributed by atoms with van der Waals surface area (Å²) in [6.07, 6.45) is 3.08. The van der Waals surface area contributed by atoms with Crippen molar-refractivity contribution in [1.82, 2.24) is 19.8 Å². The number of aromatic amines is 1. The zero-order valence-corrected chi connectivity index (χ0v) is 16.0. The van der Waals surface area contributed by atoms with E-state index in [2.05, 4.69) is 9.97 Å². The molecule has 2 saturated heterocycles. The van der Waals surface area contributed by atoms with Crippen LogP contribution in [0.25, 0.3) is 11.0 Å². The molecule has 2 amide bonds. The van der Waals surface area contributed by atoms with Gasteiger partial charge in [0.25, 0.3) is 11.8 Å². The Morgan fingerprint density at radius 1 is 1.30 bits per heavy atom. The van der Waals surface area contributed by atoms with Crippen LogP contribution < -0.4 is 0 Å². The van der Waals surface area contributed by atoms with Gasteiger partial charge in [-0.25, -0.2) is 4.98 Å². The van der Waals surface area contributed by atoms with E-state index in [1.807, 2.05) is 41.8 Å². The minimum atomic E-state index is -0.331. The Labute approximate surface area is 158 Å². The first-order valence-electron chi connectivity index (χ1n) is 9.58. The number of piperidine rings is 1. The molecule has 0 aliphatic carbocycles. The summed E-state index contributed by atoms with van der Waals surface area (Å²) < 4.78 is 5.44. The molecule has 3 heterocycles. The number of benzene rings is 1. The van der Waals surface area contributed by atoms with Crippen molar-refractivity contribution in [1.29, 1.82) is 0 Å². The number of carbonyl (C=O) groups excluding carboxylic acids is 2. The lowest BCUT2D eigenvalue weighted by Crippen LogP contribution is -2.70. The van der Waals surface area contributed by atoms with Crippen LogP contribution in [-0.4, -0.2) is 70.0 Å². The van der Waals surface area contributed by atoms with Crippen molar-refractivity contribution in [2.45, 2.75) is 44.9 Å². The van der Waals surface area contributed by atoms with Gasteiger partial charge in [-0.2, -0.15) is 0 Å². The summed E-state index contributed by atoms with van der Waals surface area (Å²) in [7, 11) is 1.61. The fraction of sp³-hybridized carbons (Fsp3) is 0.550. The monoisotopic (exact) mass is 370 g/mol. The maximum atomic E-state index is 12.9. The Morgan fingerprint density at radius 3 is 2.70 bits per heavy atom. The van der Waals surface area contributed by atoms with Crippen LogP contribution >= 0.6 is 0 Å². The van der Waals surface area contributed by atoms with Gasteiger partial charge in [0.2, 0.25) is 0 Å². The molecule has 2 aliphatic heterocycles. The van der Waals surface area contributed by atoms with Crippen molar-refractivity contribution in [3.8, 4) is 0 Å². The molecule has 2 fully saturated rings. The smallest absolute Gasteiger partial charge is 0.254 e. The number of nitrogens with zero attached hydrogens (tertiary/aromatic N) is 3. The van der Waals surface area contributed by atoms with Gasteiger partial charge in [-0.3, -0.25) is 9.59 Å². The standard InChI is InChI=1S/C20H26N4O3/c1-12(2)24-17(18(27-3)20(24)26)13-6-8-23(9-7-13)19(25)14-4-5-15-16(10-14)22-11-21-15/h4-5,10-13,17-18H,6-9H2,1-3H3,(H,21,22)/t17-,18+/m0/s1. The molecule has 144 valence electrons. The molecule has 1 aromatic carbocycles. The molecule has 2 atom stereocenters. The third-order valence-corrected chi connectivity index (χ3v) is 5.92. The number of H-pyrrole nitrogens is 1. The van der Waals surface area contributed by atoms with E-state index in [0.717, 1.165) is 23.9 Å². The van der Waals surface area contributed by atoms with E-state index in [1.165, 1.54) is 0 Å². The van der Waals surface area contributed by atoms with E-state index >= 15 is 0 Å². The Bertz CT molecular complexity index is 854. The van der Waals surface area contributed by atoms with Crippen LogP contribution in [0.2, 0.25) is 0 Å². The average Bonchev–Trinajstić information content (AvgIpc) is 3.13. The highest BCUT2D eigenvalue weighted by atomic mass is 16.5. The maximum Gasteiger partial charge on any atom is 0.254 e. The molecule has 4 rings (SSSR count). The van der Waals surface area contributed by atoms with Crippen LogP contribution in [0.15, 0.2) is 24.5 Å². The van der Waals surface area contributed by atoms with Gasteiger partial charge in [0.1, 0.15) is 0 Å². The van der Waals surface area contributed by atoms with Gasteiger partial charge in [0.05, 0.1) is 23.4 Å². The Hall–Kier alpha value is -2.41. The minimum Gasteiger partial charge on any atom is -0.369 e. The predicted molar refractivity (Wildman–Crippen MR) is 101 cm³/mol. The highest BCUT2D eigenvalue weighted by Crippen LogP contribution is 2.36. The summed E-state index contributed by atoms with van der Waals surface area (Å²) >= 11 is 0. The molecule has 0 radical (unpaired) electrons. The normalized spacial score (nSPS) is 23.9. The predicted octanol–water partition coefficient (Wildman–Crippen LogP) is 2.05. The quantitative estimate of drug-likeness (QED) is 0.836. The van der Waals surface area contributed by atoms with Crippen LogP contribution in [0.5, 0.6) is 0 Å². The second kappa shape index (κ2) is 6.96. The zero-order chi connectivity index (χ0) is 19.1. The number of hydrogen-bond acceptors (Lipinski definition) is 4. The zero-order valence-electron chi connectivity index (χ0n) is 16.0. The number of carbonyl (C=O) groups is 2. The molecule has 0 saturated carbocycles. The number of hydrogen-bond donors (Lipinski definition) is 1. The molecular formula is C20H26N4O3. The van der Waals surface area contributed by atoms with Crippen LogP contribution in [0.1, 0.15) is 37.0 Å². The number of nitrogens with one attached hydrogen (secondary N) is 1. The number of imidazole rings is 1. The fourth-order valence-corrected chi connectivity index (χ4v) is 4.51. The molecule has 0 spiro atoms. The molecule has 7 nitrogen and oxygen atoms in total. The topological polar surface area (TPSA) is 78.5 Å². The minimum absolute atomic E-state index is 0.0543. The Balaban J connectivity index is 1.42.